The summed E-state index contributed by atoms with van der Waals surface area (Å²) in [6.45, 7) is 7.40. The summed E-state index contributed by atoms with van der Waals surface area (Å²) in [6, 6.07) is 7.18. The molecule has 1 aliphatic heterocycles. The number of ether oxygens (including phenoxy) is 2. The van der Waals surface area contributed by atoms with Gasteiger partial charge in [-0.25, -0.2) is 0 Å². The molecule has 1 aliphatic rings. The van der Waals surface area contributed by atoms with Crippen LogP contribution in [0.5, 0.6) is 11.5 Å². The summed E-state index contributed by atoms with van der Waals surface area (Å²) in [4.78, 5) is 1.73. The van der Waals surface area contributed by atoms with Crippen LogP contribution in [0.25, 0.3) is 0 Å². The lowest BCUT2D eigenvalue weighted by molar-refractivity contribution is -0.944. The van der Waals surface area contributed by atoms with Crippen LogP contribution in [0, 0.1) is 0 Å². The second-order valence-electron chi connectivity index (χ2n) is 5.60. The summed E-state index contributed by atoms with van der Waals surface area (Å²) >= 11 is 0. The topological polar surface area (TPSA) is 22.9 Å². The third kappa shape index (κ3) is 3.66. The van der Waals surface area contributed by atoms with E-state index in [0.717, 1.165) is 24.1 Å². The molecule has 0 saturated carbocycles. The lowest BCUT2D eigenvalue weighted by atomic mass is 9.99. The Balaban J connectivity index is 2.10. The van der Waals surface area contributed by atoms with Gasteiger partial charge in [-0.05, 0) is 50.8 Å². The van der Waals surface area contributed by atoms with Gasteiger partial charge in [-0.3, -0.25) is 0 Å². The number of nitrogens with one attached hydrogen (secondary N) is 1. The molecule has 0 radical (unpaired) electrons. The van der Waals surface area contributed by atoms with Crippen LogP contribution in [-0.4, -0.2) is 26.3 Å². The molecule has 0 spiro atoms. The van der Waals surface area contributed by atoms with Gasteiger partial charge in [-0.15, -0.1) is 0 Å². The van der Waals surface area contributed by atoms with Gasteiger partial charge >= 0.3 is 0 Å². The van der Waals surface area contributed by atoms with Crippen LogP contribution in [-0.2, 0) is 6.54 Å². The van der Waals surface area contributed by atoms with Gasteiger partial charge in [-0.1, -0.05) is 6.92 Å². The molecule has 1 aromatic rings. The van der Waals surface area contributed by atoms with E-state index in [-0.39, 0.29) is 0 Å². The van der Waals surface area contributed by atoms with Crippen LogP contribution in [0.4, 0.5) is 0 Å². The number of rotatable bonds is 6. The molecule has 112 valence electrons. The molecule has 3 heteroatoms. The van der Waals surface area contributed by atoms with Crippen LogP contribution in [0.15, 0.2) is 18.2 Å². The number of benzene rings is 1. The van der Waals surface area contributed by atoms with Crippen molar-refractivity contribution in [1.82, 2.24) is 0 Å². The zero-order valence-corrected chi connectivity index (χ0v) is 13.1. The number of quaternary nitrogens is 1. The predicted molar refractivity (Wildman–Crippen MR) is 81.6 cm³/mol. The summed E-state index contributed by atoms with van der Waals surface area (Å²) < 4.78 is 11.0. The quantitative estimate of drug-likeness (QED) is 0.864. The molecule has 1 N–H and O–H groups in total. The molecule has 2 atom stereocenters. The minimum Gasteiger partial charge on any atom is -0.493 e. The van der Waals surface area contributed by atoms with E-state index < -0.39 is 0 Å². The molecule has 0 bridgehead atoms. The second kappa shape index (κ2) is 7.53. The first-order valence-corrected chi connectivity index (χ1v) is 7.92. The Bertz CT molecular complexity index is 419. The van der Waals surface area contributed by atoms with Crippen LogP contribution < -0.4 is 14.4 Å². The van der Waals surface area contributed by atoms with Gasteiger partial charge < -0.3 is 14.4 Å². The zero-order valence-electron chi connectivity index (χ0n) is 13.1. The second-order valence-corrected chi connectivity index (χ2v) is 5.60. The Morgan fingerprint density at radius 1 is 1.20 bits per heavy atom. The first kappa shape index (κ1) is 15.2. The van der Waals surface area contributed by atoms with Crippen molar-refractivity contribution >= 4 is 0 Å². The molecule has 3 nitrogen and oxygen atoms in total. The van der Waals surface area contributed by atoms with Gasteiger partial charge in [0.05, 0.1) is 26.3 Å². The molecule has 1 heterocycles. The van der Waals surface area contributed by atoms with E-state index in [0.29, 0.717) is 6.61 Å². The maximum absolute atomic E-state index is 5.68. The van der Waals surface area contributed by atoms with Gasteiger partial charge in [0.15, 0.2) is 11.5 Å². The molecule has 1 fully saturated rings. The average molecular weight is 278 g/mol. The highest BCUT2D eigenvalue weighted by molar-refractivity contribution is 5.42. The van der Waals surface area contributed by atoms with Crippen LogP contribution >= 0.6 is 0 Å². The van der Waals surface area contributed by atoms with E-state index in [1.807, 2.05) is 13.0 Å². The van der Waals surface area contributed by atoms with Crippen molar-refractivity contribution in [2.75, 3.05) is 20.3 Å². The van der Waals surface area contributed by atoms with Crippen LogP contribution in [0.1, 0.15) is 45.1 Å². The van der Waals surface area contributed by atoms with Crippen molar-refractivity contribution in [3.8, 4) is 11.5 Å². The highest BCUT2D eigenvalue weighted by atomic mass is 16.5. The van der Waals surface area contributed by atoms with E-state index in [2.05, 4.69) is 19.1 Å². The fraction of sp³-hybridized carbons (Fsp3) is 0.647. The normalized spacial score (nSPS) is 22.6. The number of likely N-dealkylation sites (tertiary alicyclic amines) is 1. The third-order valence-corrected chi connectivity index (χ3v) is 4.33. The van der Waals surface area contributed by atoms with E-state index in [9.17, 15) is 0 Å². The molecule has 1 unspecified atom stereocenters. The molecular weight excluding hydrogens is 250 g/mol. The standard InChI is InChI=1S/C17H27NO2/c1-4-15-8-6-7-11-18(15)13-14-9-10-16(19-3)17(12-14)20-5-2/h9-10,12,15H,4-8,11,13H2,1-3H3/p+1/t15-/m0/s1. The van der Waals surface area contributed by atoms with E-state index >= 15 is 0 Å². The maximum atomic E-state index is 5.68. The number of piperidine rings is 1. The maximum Gasteiger partial charge on any atom is 0.161 e. The number of methoxy groups -OCH3 is 1. The van der Waals surface area contributed by atoms with E-state index in [1.54, 1.807) is 12.0 Å². The van der Waals surface area contributed by atoms with Gasteiger partial charge in [0.2, 0.25) is 0 Å². The molecule has 20 heavy (non-hydrogen) atoms. The summed E-state index contributed by atoms with van der Waals surface area (Å²) in [7, 11) is 1.69. The Hall–Kier alpha value is -1.22. The van der Waals surface area contributed by atoms with Gasteiger partial charge in [0.25, 0.3) is 0 Å². The van der Waals surface area contributed by atoms with Gasteiger partial charge in [-0.2, -0.15) is 0 Å². The summed E-state index contributed by atoms with van der Waals surface area (Å²) in [5.74, 6) is 1.70. The van der Waals surface area contributed by atoms with Crippen LogP contribution in [0.3, 0.4) is 0 Å². The minimum absolute atomic E-state index is 0.675. The fourth-order valence-electron chi connectivity index (χ4n) is 3.24. The zero-order chi connectivity index (χ0) is 14.4. The summed E-state index contributed by atoms with van der Waals surface area (Å²) in [5, 5.41) is 0. The first-order valence-electron chi connectivity index (χ1n) is 7.92. The van der Waals surface area contributed by atoms with Crippen LogP contribution in [0.2, 0.25) is 0 Å². The van der Waals surface area contributed by atoms with Gasteiger partial charge in [0.1, 0.15) is 6.54 Å². The molecule has 2 rings (SSSR count). The smallest absolute Gasteiger partial charge is 0.161 e. The molecule has 1 aromatic carbocycles. The van der Waals surface area contributed by atoms with Crippen molar-refractivity contribution < 1.29 is 14.4 Å². The Morgan fingerprint density at radius 3 is 2.75 bits per heavy atom. The monoisotopic (exact) mass is 278 g/mol. The SMILES string of the molecule is CCOc1cc(C[NH+]2CCCC[C@@H]2CC)ccc1OC. The van der Waals surface area contributed by atoms with Crippen molar-refractivity contribution in [2.45, 2.75) is 52.1 Å². The molecular formula is C17H28NO2+. The predicted octanol–water partition coefficient (Wildman–Crippen LogP) is 2.44. The number of hydrogen-bond acceptors (Lipinski definition) is 2. The largest absolute Gasteiger partial charge is 0.493 e. The third-order valence-electron chi connectivity index (χ3n) is 4.33. The Labute approximate surface area is 122 Å². The van der Waals surface area contributed by atoms with Crippen molar-refractivity contribution in [1.29, 1.82) is 0 Å². The molecule has 1 saturated heterocycles. The van der Waals surface area contributed by atoms with E-state index in [1.165, 1.54) is 37.8 Å². The van der Waals surface area contributed by atoms with Gasteiger partial charge in [0, 0.05) is 5.56 Å². The molecule has 0 aliphatic carbocycles. The molecule has 0 aromatic heterocycles. The minimum atomic E-state index is 0.675. The lowest BCUT2D eigenvalue weighted by Crippen LogP contribution is -3.15. The fourth-order valence-corrected chi connectivity index (χ4v) is 3.24. The highest BCUT2D eigenvalue weighted by Gasteiger charge is 2.24. The molecule has 0 amide bonds. The summed E-state index contributed by atoms with van der Waals surface area (Å²) in [5.41, 5.74) is 1.35. The summed E-state index contributed by atoms with van der Waals surface area (Å²) in [6.07, 6.45) is 5.42. The lowest BCUT2D eigenvalue weighted by Gasteiger charge is -2.32. The highest BCUT2D eigenvalue weighted by Crippen LogP contribution is 2.27. The number of hydrogen-bond donors (Lipinski definition) is 1. The van der Waals surface area contributed by atoms with Crippen molar-refractivity contribution in [2.24, 2.45) is 0 Å². The van der Waals surface area contributed by atoms with Crippen molar-refractivity contribution in [3.63, 3.8) is 0 Å². The van der Waals surface area contributed by atoms with Crippen molar-refractivity contribution in [3.05, 3.63) is 23.8 Å². The Morgan fingerprint density at radius 2 is 2.05 bits per heavy atom. The first-order chi connectivity index (χ1) is 9.78. The van der Waals surface area contributed by atoms with E-state index in [4.69, 9.17) is 9.47 Å². The average Bonchev–Trinajstić information content (AvgIpc) is 2.48. The Kier molecular flexibility index (Phi) is 5.72.